The average Bonchev–Trinajstić information content (AvgIpc) is 3.02. The van der Waals surface area contributed by atoms with Crippen molar-refractivity contribution in [2.24, 2.45) is 0 Å². The number of hydrogen-bond donors (Lipinski definition) is 2. The Kier molecular flexibility index (Phi) is 5.08. The Bertz CT molecular complexity index is 602. The third-order valence-electron chi connectivity index (χ3n) is 4.05. The van der Waals surface area contributed by atoms with Crippen LogP contribution in [0.3, 0.4) is 0 Å². The molecule has 0 amide bonds. The summed E-state index contributed by atoms with van der Waals surface area (Å²) in [6.45, 7) is 3.59. The van der Waals surface area contributed by atoms with Gasteiger partial charge in [-0.2, -0.15) is 5.10 Å². The van der Waals surface area contributed by atoms with E-state index < -0.39 is 0 Å². The minimum atomic E-state index is -0.286. The molecule has 1 aromatic carbocycles. The summed E-state index contributed by atoms with van der Waals surface area (Å²) >= 11 is 6.12. The number of likely N-dealkylation sites (tertiary alicyclic amines) is 1. The lowest BCUT2D eigenvalue weighted by molar-refractivity contribution is 0.182. The molecule has 1 aromatic heterocycles. The Labute approximate surface area is 134 Å². The third kappa shape index (κ3) is 4.06. The fourth-order valence-corrected chi connectivity index (χ4v) is 3.12. The largest absolute Gasteiger partial charge is 0.307 e. The van der Waals surface area contributed by atoms with Gasteiger partial charge >= 0.3 is 0 Å². The molecule has 2 N–H and O–H groups in total. The van der Waals surface area contributed by atoms with Crippen LogP contribution < -0.4 is 5.32 Å². The van der Waals surface area contributed by atoms with Crippen LogP contribution in [0.25, 0.3) is 0 Å². The van der Waals surface area contributed by atoms with E-state index in [1.807, 2.05) is 6.07 Å². The molecule has 6 heteroatoms. The van der Waals surface area contributed by atoms with Crippen molar-refractivity contribution in [2.75, 3.05) is 13.1 Å². The number of benzene rings is 1. The lowest BCUT2D eigenvalue weighted by atomic mass is 10.0. The third-order valence-corrected chi connectivity index (χ3v) is 4.41. The number of nitrogens with one attached hydrogen (secondary N) is 2. The minimum Gasteiger partial charge on any atom is -0.307 e. The van der Waals surface area contributed by atoms with Gasteiger partial charge in [0.25, 0.3) is 0 Å². The molecular formula is C16H20ClFN4. The van der Waals surface area contributed by atoms with E-state index in [0.717, 1.165) is 43.9 Å². The topological polar surface area (TPSA) is 44.0 Å². The second-order valence-electron chi connectivity index (χ2n) is 5.77. The zero-order chi connectivity index (χ0) is 15.4. The van der Waals surface area contributed by atoms with Crippen LogP contribution in [0.1, 0.15) is 24.1 Å². The van der Waals surface area contributed by atoms with E-state index in [4.69, 9.17) is 11.6 Å². The van der Waals surface area contributed by atoms with Gasteiger partial charge in [-0.05, 0) is 43.1 Å². The minimum absolute atomic E-state index is 0.286. The summed E-state index contributed by atoms with van der Waals surface area (Å²) in [5.74, 6) is -0.286. The molecule has 4 nitrogen and oxygen atoms in total. The standard InChI is InChI=1S/C16H20ClFN4/c17-16-8-13(18)4-3-12(16)10-22-7-1-2-15(11-22)19-9-14-5-6-20-21-14/h3-6,8,15,19H,1-2,7,9-11H2,(H,20,21). The Morgan fingerprint density at radius 1 is 1.41 bits per heavy atom. The SMILES string of the molecule is Fc1ccc(CN2CCCC(NCc3ccn[nH]3)C2)c(Cl)c1. The molecule has 1 aliphatic rings. The molecule has 2 heterocycles. The Morgan fingerprint density at radius 3 is 3.09 bits per heavy atom. The number of hydrogen-bond acceptors (Lipinski definition) is 3. The van der Waals surface area contributed by atoms with Gasteiger partial charge in [-0.25, -0.2) is 4.39 Å². The summed E-state index contributed by atoms with van der Waals surface area (Å²) in [6.07, 6.45) is 4.09. The highest BCUT2D eigenvalue weighted by atomic mass is 35.5. The average molecular weight is 323 g/mol. The predicted octanol–water partition coefficient (Wildman–Crippen LogP) is 2.96. The van der Waals surface area contributed by atoms with Crippen molar-refractivity contribution in [3.8, 4) is 0 Å². The van der Waals surface area contributed by atoms with E-state index in [9.17, 15) is 4.39 Å². The molecule has 1 unspecified atom stereocenters. The first-order valence-corrected chi connectivity index (χ1v) is 7.96. The molecule has 3 rings (SSSR count). The van der Waals surface area contributed by atoms with Gasteiger partial charge in [0.1, 0.15) is 5.82 Å². The fourth-order valence-electron chi connectivity index (χ4n) is 2.89. The fraction of sp³-hybridized carbons (Fsp3) is 0.438. The number of halogens is 2. The van der Waals surface area contributed by atoms with Crippen molar-refractivity contribution in [2.45, 2.75) is 32.0 Å². The summed E-state index contributed by atoms with van der Waals surface area (Å²) in [5.41, 5.74) is 2.08. The molecule has 1 aliphatic heterocycles. The normalized spacial score (nSPS) is 19.5. The number of aromatic amines is 1. The summed E-state index contributed by atoms with van der Waals surface area (Å²) in [5, 5.41) is 11.0. The van der Waals surface area contributed by atoms with Crippen LogP contribution in [0, 0.1) is 5.82 Å². The maximum atomic E-state index is 13.1. The van der Waals surface area contributed by atoms with Crippen LogP contribution in [0.15, 0.2) is 30.5 Å². The second-order valence-corrected chi connectivity index (χ2v) is 6.18. The van der Waals surface area contributed by atoms with Crippen LogP contribution in [0.4, 0.5) is 4.39 Å². The number of rotatable bonds is 5. The molecule has 1 fully saturated rings. The Hall–Kier alpha value is -1.43. The molecule has 1 saturated heterocycles. The van der Waals surface area contributed by atoms with Gasteiger partial charge in [-0.15, -0.1) is 0 Å². The first kappa shape index (κ1) is 15.5. The first-order valence-electron chi connectivity index (χ1n) is 7.58. The highest BCUT2D eigenvalue weighted by molar-refractivity contribution is 6.31. The van der Waals surface area contributed by atoms with Crippen LogP contribution in [0.2, 0.25) is 5.02 Å². The number of piperidine rings is 1. The van der Waals surface area contributed by atoms with E-state index in [-0.39, 0.29) is 5.82 Å². The molecule has 0 saturated carbocycles. The van der Waals surface area contributed by atoms with Crippen molar-refractivity contribution in [3.63, 3.8) is 0 Å². The molecule has 22 heavy (non-hydrogen) atoms. The van der Waals surface area contributed by atoms with Gasteiger partial charge in [0.05, 0.1) is 0 Å². The predicted molar refractivity (Wildman–Crippen MR) is 85.1 cm³/mol. The molecule has 1 atom stereocenters. The van der Waals surface area contributed by atoms with Gasteiger partial charge in [-0.3, -0.25) is 10.00 Å². The first-order chi connectivity index (χ1) is 10.7. The van der Waals surface area contributed by atoms with Gasteiger partial charge < -0.3 is 5.32 Å². The molecule has 118 valence electrons. The molecule has 0 aliphatic carbocycles. The molecule has 0 radical (unpaired) electrons. The molecule has 0 bridgehead atoms. The number of aromatic nitrogens is 2. The van der Waals surface area contributed by atoms with E-state index in [1.54, 1.807) is 12.3 Å². The summed E-state index contributed by atoms with van der Waals surface area (Å²) in [4.78, 5) is 2.37. The molecule has 2 aromatic rings. The van der Waals surface area contributed by atoms with Crippen molar-refractivity contribution >= 4 is 11.6 Å². The van der Waals surface area contributed by atoms with Crippen LogP contribution in [0.5, 0.6) is 0 Å². The van der Waals surface area contributed by atoms with Gasteiger partial charge in [0.2, 0.25) is 0 Å². The quantitative estimate of drug-likeness (QED) is 0.889. The van der Waals surface area contributed by atoms with Crippen molar-refractivity contribution in [1.82, 2.24) is 20.4 Å². The van der Waals surface area contributed by atoms with Crippen molar-refractivity contribution in [3.05, 3.63) is 52.6 Å². The second kappa shape index (κ2) is 7.22. The maximum Gasteiger partial charge on any atom is 0.124 e. The number of H-pyrrole nitrogens is 1. The van der Waals surface area contributed by atoms with Crippen molar-refractivity contribution in [1.29, 1.82) is 0 Å². The Balaban J connectivity index is 1.53. The van der Waals surface area contributed by atoms with Crippen molar-refractivity contribution < 1.29 is 4.39 Å². The van der Waals surface area contributed by atoms with E-state index in [1.165, 1.54) is 18.6 Å². The maximum absolute atomic E-state index is 13.1. The van der Waals surface area contributed by atoms with E-state index >= 15 is 0 Å². The van der Waals surface area contributed by atoms with Gasteiger partial charge in [-0.1, -0.05) is 17.7 Å². The zero-order valence-corrected chi connectivity index (χ0v) is 13.1. The molecule has 0 spiro atoms. The van der Waals surface area contributed by atoms with Gasteiger partial charge in [0, 0.05) is 42.6 Å². The molecular weight excluding hydrogens is 303 g/mol. The summed E-state index contributed by atoms with van der Waals surface area (Å²) in [7, 11) is 0. The van der Waals surface area contributed by atoms with E-state index in [0.29, 0.717) is 11.1 Å². The monoisotopic (exact) mass is 322 g/mol. The zero-order valence-electron chi connectivity index (χ0n) is 12.4. The smallest absolute Gasteiger partial charge is 0.124 e. The summed E-state index contributed by atoms with van der Waals surface area (Å²) in [6, 6.07) is 7.07. The van der Waals surface area contributed by atoms with E-state index in [2.05, 4.69) is 20.4 Å². The van der Waals surface area contributed by atoms with Gasteiger partial charge in [0.15, 0.2) is 0 Å². The highest BCUT2D eigenvalue weighted by Crippen LogP contribution is 2.21. The Morgan fingerprint density at radius 2 is 2.32 bits per heavy atom. The lowest BCUT2D eigenvalue weighted by Crippen LogP contribution is -2.45. The number of nitrogens with zero attached hydrogens (tertiary/aromatic N) is 2. The van der Waals surface area contributed by atoms with Crippen LogP contribution >= 0.6 is 11.6 Å². The summed E-state index contributed by atoms with van der Waals surface area (Å²) < 4.78 is 13.1. The highest BCUT2D eigenvalue weighted by Gasteiger charge is 2.20. The van der Waals surface area contributed by atoms with Crippen LogP contribution in [-0.4, -0.2) is 34.2 Å². The van der Waals surface area contributed by atoms with Crippen LogP contribution in [-0.2, 0) is 13.1 Å². The lowest BCUT2D eigenvalue weighted by Gasteiger charge is -2.33.